The predicted octanol–water partition coefficient (Wildman–Crippen LogP) is 3.34. The third-order valence-electron chi connectivity index (χ3n) is 3.83. The topological polar surface area (TPSA) is 81.6 Å². The molecule has 2 aromatic rings. The first-order chi connectivity index (χ1) is 12.1. The van der Waals surface area contributed by atoms with Gasteiger partial charge in [-0.15, -0.1) is 11.3 Å². The molecule has 2 rings (SSSR count). The van der Waals surface area contributed by atoms with Crippen molar-refractivity contribution in [3.63, 3.8) is 0 Å². The third-order valence-corrected chi connectivity index (χ3v) is 5.01. The van der Waals surface area contributed by atoms with Crippen molar-refractivity contribution >= 4 is 39.3 Å². The number of anilines is 1. The maximum absolute atomic E-state index is 12.4. The van der Waals surface area contributed by atoms with Gasteiger partial charge in [-0.25, -0.2) is 19.6 Å². The molecule has 0 radical (unpaired) electrons. The lowest BCUT2D eigenvalue weighted by molar-refractivity contribution is -0.156. The lowest BCUT2D eigenvalue weighted by atomic mass is 10.1. The van der Waals surface area contributed by atoms with Crippen LogP contribution in [-0.2, 0) is 14.3 Å². The van der Waals surface area contributed by atoms with Crippen LogP contribution in [0.1, 0.15) is 49.9 Å². The Bertz CT molecular complexity index is 826. The number of likely N-dealkylation sites (N-methyl/N-ethyl adjacent to an activating group) is 1. The molecule has 0 N–H and O–H groups in total. The van der Waals surface area contributed by atoms with Crippen LogP contribution in [0.25, 0.3) is 10.2 Å². The Morgan fingerprint density at radius 1 is 1.31 bits per heavy atom. The van der Waals surface area contributed by atoms with Gasteiger partial charge < -0.3 is 14.4 Å². The van der Waals surface area contributed by atoms with E-state index in [1.165, 1.54) is 17.7 Å². The van der Waals surface area contributed by atoms with Gasteiger partial charge in [0.2, 0.25) is 0 Å². The molecule has 142 valence electrons. The monoisotopic (exact) mass is 379 g/mol. The van der Waals surface area contributed by atoms with E-state index in [4.69, 9.17) is 9.47 Å². The van der Waals surface area contributed by atoms with E-state index >= 15 is 0 Å². The Kier molecular flexibility index (Phi) is 5.85. The van der Waals surface area contributed by atoms with Crippen LogP contribution < -0.4 is 4.90 Å². The number of carbonyl (C=O) groups excluding carboxylic acids is 2. The number of thiophene rings is 1. The van der Waals surface area contributed by atoms with Crippen LogP contribution in [0.5, 0.6) is 0 Å². The van der Waals surface area contributed by atoms with E-state index < -0.39 is 11.6 Å². The van der Waals surface area contributed by atoms with Gasteiger partial charge in [-0.2, -0.15) is 0 Å². The number of carbonyl (C=O) groups is 2. The molecule has 0 fully saturated rings. The molecule has 0 aliphatic carbocycles. The second kappa shape index (κ2) is 7.57. The van der Waals surface area contributed by atoms with Crippen LogP contribution in [-0.4, -0.2) is 47.2 Å². The van der Waals surface area contributed by atoms with Gasteiger partial charge in [0.1, 0.15) is 33.5 Å². The smallest absolute Gasteiger partial charge is 0.348 e. The zero-order valence-corrected chi connectivity index (χ0v) is 17.1. The number of nitrogens with zero attached hydrogens (tertiary/aromatic N) is 3. The number of hydrogen-bond acceptors (Lipinski definition) is 8. The highest BCUT2D eigenvalue weighted by molar-refractivity contribution is 7.20. The first-order valence-corrected chi connectivity index (χ1v) is 9.25. The normalized spacial score (nSPS) is 12.7. The Morgan fingerprint density at radius 3 is 2.54 bits per heavy atom. The molecule has 0 aliphatic heterocycles. The summed E-state index contributed by atoms with van der Waals surface area (Å²) in [5.41, 5.74) is 0.185. The van der Waals surface area contributed by atoms with Gasteiger partial charge in [-0.1, -0.05) is 0 Å². The van der Waals surface area contributed by atoms with E-state index in [0.717, 1.165) is 10.9 Å². The molecular formula is C18H25N3O4S. The number of aromatic nitrogens is 2. The van der Waals surface area contributed by atoms with Gasteiger partial charge in [-0.05, 0) is 47.1 Å². The first kappa shape index (κ1) is 20.1. The van der Waals surface area contributed by atoms with Crippen molar-refractivity contribution in [2.24, 2.45) is 0 Å². The van der Waals surface area contributed by atoms with Crippen molar-refractivity contribution in [3.05, 3.63) is 16.8 Å². The van der Waals surface area contributed by atoms with Gasteiger partial charge >= 0.3 is 11.9 Å². The summed E-state index contributed by atoms with van der Waals surface area (Å²) in [4.78, 5) is 36.1. The highest BCUT2D eigenvalue weighted by Crippen LogP contribution is 2.35. The van der Waals surface area contributed by atoms with Gasteiger partial charge in [0.15, 0.2) is 0 Å². The summed E-state index contributed by atoms with van der Waals surface area (Å²) in [7, 11) is 1.78. The third kappa shape index (κ3) is 4.12. The zero-order valence-electron chi connectivity index (χ0n) is 16.2. The maximum atomic E-state index is 12.4. The Balaban J connectivity index is 2.43. The highest BCUT2D eigenvalue weighted by Gasteiger charge is 2.28. The molecule has 0 unspecified atom stereocenters. The van der Waals surface area contributed by atoms with Gasteiger partial charge in [0.05, 0.1) is 12.0 Å². The summed E-state index contributed by atoms with van der Waals surface area (Å²) >= 11 is 1.27. The van der Waals surface area contributed by atoms with Crippen LogP contribution >= 0.6 is 11.3 Å². The van der Waals surface area contributed by atoms with Crippen LogP contribution in [0.15, 0.2) is 6.33 Å². The fraction of sp³-hybridized carbons (Fsp3) is 0.556. The Hall–Kier alpha value is -2.22. The minimum absolute atomic E-state index is 0.306. The minimum atomic E-state index is -0.567. The molecule has 26 heavy (non-hydrogen) atoms. The van der Waals surface area contributed by atoms with Gasteiger partial charge in [0, 0.05) is 7.05 Å². The molecule has 0 amide bonds. The molecule has 0 saturated carbocycles. The Morgan fingerprint density at radius 2 is 1.96 bits per heavy atom. The van der Waals surface area contributed by atoms with E-state index in [9.17, 15) is 9.59 Å². The lowest BCUT2D eigenvalue weighted by Crippen LogP contribution is -2.41. The van der Waals surface area contributed by atoms with E-state index in [0.29, 0.717) is 22.1 Å². The summed E-state index contributed by atoms with van der Waals surface area (Å²) in [5, 5.41) is 0.749. The van der Waals surface area contributed by atoms with Crippen LogP contribution in [0, 0.1) is 6.92 Å². The molecule has 0 saturated heterocycles. The number of aryl methyl sites for hydroxylation is 1. The summed E-state index contributed by atoms with van der Waals surface area (Å²) in [6, 6.07) is -0.544. The van der Waals surface area contributed by atoms with Crippen molar-refractivity contribution < 1.29 is 19.1 Å². The van der Waals surface area contributed by atoms with Crippen molar-refractivity contribution in [1.29, 1.82) is 0 Å². The molecule has 0 bridgehead atoms. The maximum Gasteiger partial charge on any atom is 0.348 e. The molecule has 2 aromatic heterocycles. The quantitative estimate of drug-likeness (QED) is 0.737. The van der Waals surface area contributed by atoms with E-state index in [-0.39, 0.29) is 11.9 Å². The number of ether oxygens (including phenoxy) is 2. The van der Waals surface area contributed by atoms with Crippen molar-refractivity contribution in [2.45, 2.75) is 53.2 Å². The number of fused-ring (bicyclic) bond motifs is 1. The summed E-state index contributed by atoms with van der Waals surface area (Å²) in [6.45, 7) is 11.2. The van der Waals surface area contributed by atoms with Crippen LogP contribution in [0.4, 0.5) is 5.82 Å². The average Bonchev–Trinajstić information content (AvgIpc) is 2.89. The Labute approximate surface area is 157 Å². The van der Waals surface area contributed by atoms with E-state index in [2.05, 4.69) is 9.97 Å². The first-order valence-electron chi connectivity index (χ1n) is 8.43. The van der Waals surface area contributed by atoms with Gasteiger partial charge in [0.25, 0.3) is 0 Å². The second-order valence-corrected chi connectivity index (χ2v) is 7.97. The molecule has 7 nitrogen and oxygen atoms in total. The molecule has 0 aromatic carbocycles. The van der Waals surface area contributed by atoms with Crippen LogP contribution in [0.2, 0.25) is 0 Å². The molecule has 1 atom stereocenters. The zero-order chi connectivity index (χ0) is 19.6. The number of rotatable bonds is 5. The average molecular weight is 379 g/mol. The summed E-state index contributed by atoms with van der Waals surface area (Å²) in [5.74, 6) is -0.135. The van der Waals surface area contributed by atoms with Crippen molar-refractivity contribution in [2.75, 3.05) is 18.6 Å². The molecule has 8 heteroatoms. The van der Waals surface area contributed by atoms with E-state index in [1.807, 2.05) is 27.7 Å². The van der Waals surface area contributed by atoms with Crippen LogP contribution in [0.3, 0.4) is 0 Å². The predicted molar refractivity (Wildman–Crippen MR) is 102 cm³/mol. The minimum Gasteiger partial charge on any atom is -0.462 e. The molecule has 0 spiro atoms. The van der Waals surface area contributed by atoms with Crippen molar-refractivity contribution in [1.82, 2.24) is 9.97 Å². The van der Waals surface area contributed by atoms with Crippen molar-refractivity contribution in [3.8, 4) is 0 Å². The highest BCUT2D eigenvalue weighted by atomic mass is 32.1. The lowest BCUT2D eigenvalue weighted by Gasteiger charge is -2.28. The van der Waals surface area contributed by atoms with E-state index in [1.54, 1.807) is 25.8 Å². The number of hydrogen-bond donors (Lipinski definition) is 0. The standard InChI is InChI=1S/C18H25N3O4S/c1-8-24-17(23)13-10(2)12-14(19-9-20-15(12)26-13)21(7)11(3)16(22)25-18(4,5)6/h9,11H,8H2,1-7H3/t11-/m0/s1. The van der Waals surface area contributed by atoms with Gasteiger partial charge in [-0.3, -0.25) is 0 Å². The molecular weight excluding hydrogens is 354 g/mol. The molecule has 2 heterocycles. The summed E-state index contributed by atoms with van der Waals surface area (Å²) < 4.78 is 10.6. The number of esters is 2. The molecule has 0 aliphatic rings. The summed E-state index contributed by atoms with van der Waals surface area (Å²) in [6.07, 6.45) is 1.43. The largest absolute Gasteiger partial charge is 0.462 e. The fourth-order valence-corrected chi connectivity index (χ4v) is 3.48. The second-order valence-electron chi connectivity index (χ2n) is 6.97. The fourth-order valence-electron chi connectivity index (χ4n) is 2.44. The SMILES string of the molecule is CCOC(=O)c1sc2ncnc(N(C)[C@@H](C)C(=O)OC(C)(C)C)c2c1C.